The molecule has 1 radical (unpaired) electrons. The number of benzene rings is 2. The zero-order chi connectivity index (χ0) is 24.3. The highest BCUT2D eigenvalue weighted by atomic mass is 28.4. The van der Waals surface area contributed by atoms with Crippen LogP contribution in [0.25, 0.3) is 5.83 Å². The summed E-state index contributed by atoms with van der Waals surface area (Å²) in [5.41, 5.74) is -1.89. The van der Waals surface area contributed by atoms with Gasteiger partial charge in [-0.2, -0.15) is 4.39 Å². The summed E-state index contributed by atoms with van der Waals surface area (Å²) in [5, 5.41) is 0. The Morgan fingerprint density at radius 1 is 0.788 bits per heavy atom. The maximum absolute atomic E-state index is 15.3. The molecule has 0 N–H and O–H groups in total. The maximum atomic E-state index is 15.3. The van der Waals surface area contributed by atoms with E-state index >= 15 is 4.39 Å². The Kier molecular flexibility index (Phi) is 7.98. The van der Waals surface area contributed by atoms with E-state index in [4.69, 9.17) is 4.43 Å². The van der Waals surface area contributed by atoms with Crippen LogP contribution >= 0.6 is 0 Å². The molecule has 1 aliphatic carbocycles. The highest BCUT2D eigenvalue weighted by molar-refractivity contribution is 6.75. The second-order valence-electron chi connectivity index (χ2n) is 8.76. The molecular weight excluding hydrogens is 458 g/mol. The molecule has 0 saturated carbocycles. The molecule has 33 heavy (non-hydrogen) atoms. The first-order chi connectivity index (χ1) is 15.6. The first kappa shape index (κ1) is 25.4. The van der Waals surface area contributed by atoms with E-state index < -0.39 is 60.5 Å². The monoisotopic (exact) mass is 485 g/mol. The Balaban J connectivity index is 2.10. The molecule has 2 aromatic rings. The molecule has 0 aliphatic heterocycles. The van der Waals surface area contributed by atoms with Crippen molar-refractivity contribution in [1.29, 1.82) is 0 Å². The molecule has 179 valence electrons. The van der Waals surface area contributed by atoms with Crippen LogP contribution in [0.4, 0.5) is 26.3 Å². The van der Waals surface area contributed by atoms with Crippen molar-refractivity contribution < 1.29 is 30.8 Å². The molecule has 1 unspecified atom stereocenters. The van der Waals surface area contributed by atoms with Gasteiger partial charge in [-0.05, 0) is 17.1 Å². The largest absolute Gasteiger partial charge is 0.539 e. The van der Waals surface area contributed by atoms with Gasteiger partial charge >= 0.3 is 0 Å². The zero-order valence-corrected chi connectivity index (χ0v) is 19.9. The summed E-state index contributed by atoms with van der Waals surface area (Å²) >= 11 is 0. The Morgan fingerprint density at radius 3 is 2.06 bits per heavy atom. The smallest absolute Gasteiger partial charge is 0.258 e. The summed E-state index contributed by atoms with van der Waals surface area (Å²) in [6.07, 6.45) is 1.65. The lowest BCUT2D eigenvalue weighted by atomic mass is 10.1. The van der Waals surface area contributed by atoms with Crippen molar-refractivity contribution in [2.75, 3.05) is 0 Å². The molecule has 1 aliphatic rings. The van der Waals surface area contributed by atoms with Crippen LogP contribution in [-0.4, -0.2) is 8.32 Å². The molecule has 3 rings (SSSR count). The van der Waals surface area contributed by atoms with Gasteiger partial charge in [-0.15, -0.1) is 0 Å². The summed E-state index contributed by atoms with van der Waals surface area (Å²) in [6, 6.07) is 10.2. The molecule has 1 atom stereocenters. The van der Waals surface area contributed by atoms with E-state index in [1.165, 1.54) is 0 Å². The van der Waals surface area contributed by atoms with Crippen molar-refractivity contribution >= 4 is 14.1 Å². The van der Waals surface area contributed by atoms with Crippen LogP contribution in [-0.2, 0) is 6.04 Å². The zero-order valence-electron chi connectivity index (χ0n) is 18.9. The SMILES string of the molecule is CCCCCC[Si](Cc1ccccc1)(Oc1c(F)c(F)c2c(c1F)C(F)=C(F)[C]2F)C(C)C. The Hall–Kier alpha value is -2.22. The normalized spacial score (nSPS) is 15.8. The van der Waals surface area contributed by atoms with E-state index in [0.717, 1.165) is 31.2 Å². The first-order valence-corrected chi connectivity index (χ1v) is 13.6. The average molecular weight is 486 g/mol. The van der Waals surface area contributed by atoms with Gasteiger partial charge in [0, 0.05) is 6.04 Å². The minimum Gasteiger partial charge on any atom is -0.539 e. The predicted molar refractivity (Wildman–Crippen MR) is 119 cm³/mol. The van der Waals surface area contributed by atoms with Crippen LogP contribution < -0.4 is 4.43 Å². The van der Waals surface area contributed by atoms with Crippen molar-refractivity contribution in [1.82, 2.24) is 0 Å². The van der Waals surface area contributed by atoms with Gasteiger partial charge < -0.3 is 4.43 Å². The summed E-state index contributed by atoms with van der Waals surface area (Å²) < 4.78 is 92.8. The van der Waals surface area contributed by atoms with Crippen molar-refractivity contribution in [2.24, 2.45) is 0 Å². The topological polar surface area (TPSA) is 9.23 Å². The molecule has 0 amide bonds. The van der Waals surface area contributed by atoms with E-state index in [2.05, 4.69) is 6.92 Å². The molecule has 1 nitrogen and oxygen atoms in total. The molecular formula is C25H27F6OSi. The van der Waals surface area contributed by atoms with Crippen molar-refractivity contribution in [3.63, 3.8) is 0 Å². The van der Waals surface area contributed by atoms with Crippen LogP contribution in [0.5, 0.6) is 5.75 Å². The lowest BCUT2D eigenvalue weighted by Gasteiger charge is -2.36. The molecule has 0 spiro atoms. The van der Waals surface area contributed by atoms with Gasteiger partial charge in [-0.3, -0.25) is 0 Å². The standard InChI is InChI=1S/C25H27F6OSi/c1-4-5-6-10-13-33(15(2)3,14-16-11-8-7-9-12-16)32-25-22(29)18-17(21(28)24(25)31)19(26)23(30)20(18)27/h7-9,11-12,15H,4-6,10,13-14H2,1-3H3. The third-order valence-electron chi connectivity index (χ3n) is 6.26. The van der Waals surface area contributed by atoms with E-state index in [9.17, 15) is 22.0 Å². The number of rotatable bonds is 10. The van der Waals surface area contributed by atoms with E-state index in [-0.39, 0.29) is 5.54 Å². The fourth-order valence-corrected chi connectivity index (χ4v) is 8.17. The number of allylic oxidation sites excluding steroid dienone is 1. The summed E-state index contributed by atoms with van der Waals surface area (Å²) in [7, 11) is -3.06. The maximum Gasteiger partial charge on any atom is 0.258 e. The number of hydrogen-bond donors (Lipinski definition) is 0. The van der Waals surface area contributed by atoms with Crippen molar-refractivity contribution in [3.05, 3.63) is 76.5 Å². The van der Waals surface area contributed by atoms with E-state index in [1.807, 2.05) is 44.2 Å². The number of hydrogen-bond acceptors (Lipinski definition) is 1. The quantitative estimate of drug-likeness (QED) is 0.142. The predicted octanol–water partition coefficient (Wildman–Crippen LogP) is 8.67. The highest BCUT2D eigenvalue weighted by Crippen LogP contribution is 2.49. The number of unbranched alkanes of at least 4 members (excludes halogenated alkanes) is 3. The minimum absolute atomic E-state index is 0.144. The third kappa shape index (κ3) is 4.86. The number of halogens is 6. The van der Waals surface area contributed by atoms with Gasteiger partial charge in [0.1, 0.15) is 0 Å². The lowest BCUT2D eigenvalue weighted by molar-refractivity contribution is 0.394. The van der Waals surface area contributed by atoms with Crippen molar-refractivity contribution in [2.45, 2.75) is 64.1 Å². The average Bonchev–Trinajstić information content (AvgIpc) is 3.02. The van der Waals surface area contributed by atoms with Gasteiger partial charge in [-0.1, -0.05) is 76.8 Å². The van der Waals surface area contributed by atoms with Crippen molar-refractivity contribution in [3.8, 4) is 5.75 Å². The second kappa shape index (κ2) is 10.4. The highest BCUT2D eigenvalue weighted by Gasteiger charge is 2.46. The van der Waals surface area contributed by atoms with Gasteiger partial charge in [0.2, 0.25) is 12.0 Å². The van der Waals surface area contributed by atoms with E-state index in [0.29, 0.717) is 12.1 Å². The molecule has 0 saturated heterocycles. The molecule has 2 aromatic carbocycles. The summed E-state index contributed by atoms with van der Waals surface area (Å²) in [5.74, 6) is -10.3. The van der Waals surface area contributed by atoms with Gasteiger partial charge in [0.15, 0.2) is 29.0 Å². The molecule has 0 fully saturated rings. The Bertz CT molecular complexity index is 1020. The Labute approximate surface area is 191 Å². The first-order valence-electron chi connectivity index (χ1n) is 11.2. The molecule has 0 aromatic heterocycles. The summed E-state index contributed by atoms with van der Waals surface area (Å²) in [6.45, 7) is 5.81. The molecule has 0 bridgehead atoms. The lowest BCUT2D eigenvalue weighted by Crippen LogP contribution is -2.48. The van der Waals surface area contributed by atoms with Crippen LogP contribution in [0.2, 0.25) is 11.6 Å². The number of fused-ring (bicyclic) bond motifs is 1. The molecule has 0 heterocycles. The van der Waals surface area contributed by atoms with Crippen LogP contribution in [0.3, 0.4) is 0 Å². The van der Waals surface area contributed by atoms with Crippen LogP contribution in [0.1, 0.15) is 63.1 Å². The van der Waals surface area contributed by atoms with Crippen LogP contribution in [0, 0.1) is 23.6 Å². The van der Waals surface area contributed by atoms with Gasteiger partial charge in [0.25, 0.3) is 8.32 Å². The minimum atomic E-state index is -3.06. The van der Waals surface area contributed by atoms with Gasteiger partial charge in [-0.25, -0.2) is 22.0 Å². The Morgan fingerprint density at radius 2 is 1.45 bits per heavy atom. The second-order valence-corrected chi connectivity index (χ2v) is 13.1. The third-order valence-corrected chi connectivity index (χ3v) is 11.2. The van der Waals surface area contributed by atoms with Crippen LogP contribution in [0.15, 0.2) is 36.2 Å². The fourth-order valence-electron chi connectivity index (χ4n) is 4.24. The molecule has 8 heteroatoms. The van der Waals surface area contributed by atoms with E-state index in [1.54, 1.807) is 0 Å². The summed E-state index contributed by atoms with van der Waals surface area (Å²) in [4.78, 5) is 0. The fraction of sp³-hybridized carbons (Fsp3) is 0.400. The van der Waals surface area contributed by atoms with Gasteiger partial charge in [0.05, 0.1) is 11.1 Å².